The molecule has 2 rings (SSSR count). The van der Waals surface area contributed by atoms with Gasteiger partial charge in [-0.2, -0.15) is 0 Å². The highest BCUT2D eigenvalue weighted by molar-refractivity contribution is 6.32. The molecule has 1 amide bonds. The van der Waals surface area contributed by atoms with E-state index in [4.69, 9.17) is 11.6 Å². The van der Waals surface area contributed by atoms with Crippen molar-refractivity contribution in [3.05, 3.63) is 40.9 Å². The molecule has 1 aromatic carbocycles. The molecule has 0 spiro atoms. The minimum absolute atomic E-state index is 0.00132. The van der Waals surface area contributed by atoms with E-state index in [1.807, 2.05) is 18.2 Å². The summed E-state index contributed by atoms with van der Waals surface area (Å²) >= 11 is 6.03. The number of benzene rings is 1. The van der Waals surface area contributed by atoms with Gasteiger partial charge in [0.1, 0.15) is 0 Å². The number of aliphatic hydroxyl groups excluding tert-OH is 1. The van der Waals surface area contributed by atoms with Crippen molar-refractivity contribution in [3.63, 3.8) is 0 Å². The highest BCUT2D eigenvalue weighted by atomic mass is 35.5. The van der Waals surface area contributed by atoms with Gasteiger partial charge in [0.15, 0.2) is 0 Å². The highest BCUT2D eigenvalue weighted by Crippen LogP contribution is 2.27. The fraction of sp³-hybridized carbons (Fsp3) is 0.438. The van der Waals surface area contributed by atoms with Gasteiger partial charge in [-0.25, -0.2) is 0 Å². The molecule has 0 aromatic heterocycles. The van der Waals surface area contributed by atoms with E-state index in [2.05, 4.69) is 5.32 Å². The molecular formula is C16H20ClNO2. The smallest absolute Gasteiger partial charge is 0.244 e. The number of hydrogen-bond acceptors (Lipinski definition) is 2. The molecule has 1 aliphatic rings. The van der Waals surface area contributed by atoms with E-state index in [0.717, 1.165) is 31.2 Å². The third kappa shape index (κ3) is 3.84. The molecule has 0 saturated heterocycles. The molecule has 4 heteroatoms. The van der Waals surface area contributed by atoms with Crippen LogP contribution in [0.15, 0.2) is 30.3 Å². The van der Waals surface area contributed by atoms with Crippen LogP contribution in [-0.4, -0.2) is 23.2 Å². The molecule has 1 fully saturated rings. The minimum Gasteiger partial charge on any atom is -0.394 e. The summed E-state index contributed by atoms with van der Waals surface area (Å²) in [4.78, 5) is 12.0. The molecule has 0 atom stereocenters. The monoisotopic (exact) mass is 293 g/mol. The first kappa shape index (κ1) is 15.1. The lowest BCUT2D eigenvalue weighted by Gasteiger charge is -2.36. The molecule has 0 aliphatic heterocycles. The lowest BCUT2D eigenvalue weighted by atomic mass is 9.82. The fourth-order valence-corrected chi connectivity index (χ4v) is 2.83. The van der Waals surface area contributed by atoms with Crippen molar-refractivity contribution < 1.29 is 9.90 Å². The zero-order valence-corrected chi connectivity index (χ0v) is 12.2. The molecule has 0 heterocycles. The number of hydrogen-bond donors (Lipinski definition) is 2. The number of amides is 1. The summed E-state index contributed by atoms with van der Waals surface area (Å²) in [5.41, 5.74) is 0.367. The largest absolute Gasteiger partial charge is 0.394 e. The molecule has 20 heavy (non-hydrogen) atoms. The fourth-order valence-electron chi connectivity index (χ4n) is 2.63. The predicted octanol–water partition coefficient (Wildman–Crippen LogP) is 3.16. The van der Waals surface area contributed by atoms with Crippen LogP contribution in [0, 0.1) is 0 Å². The second-order valence-electron chi connectivity index (χ2n) is 5.34. The van der Waals surface area contributed by atoms with E-state index >= 15 is 0 Å². The number of nitrogens with one attached hydrogen (secondary N) is 1. The van der Waals surface area contributed by atoms with E-state index in [1.165, 1.54) is 12.5 Å². The first-order valence-corrected chi connectivity index (χ1v) is 7.39. The summed E-state index contributed by atoms with van der Waals surface area (Å²) in [5.74, 6) is -0.180. The van der Waals surface area contributed by atoms with E-state index in [0.29, 0.717) is 5.02 Å². The summed E-state index contributed by atoms with van der Waals surface area (Å²) in [6.07, 6.45) is 8.14. The van der Waals surface area contributed by atoms with Crippen molar-refractivity contribution in [3.8, 4) is 0 Å². The van der Waals surface area contributed by atoms with Crippen LogP contribution in [0.3, 0.4) is 0 Å². The minimum atomic E-state index is -0.444. The summed E-state index contributed by atoms with van der Waals surface area (Å²) in [6.45, 7) is -0.00132. The SMILES string of the molecule is O=C(C=Cc1ccccc1Cl)NC1(CO)CCCCC1. The van der Waals surface area contributed by atoms with Gasteiger partial charge in [-0.05, 0) is 30.5 Å². The molecule has 108 valence electrons. The van der Waals surface area contributed by atoms with E-state index in [-0.39, 0.29) is 12.5 Å². The van der Waals surface area contributed by atoms with Gasteiger partial charge in [0.05, 0.1) is 12.1 Å². The van der Waals surface area contributed by atoms with Gasteiger partial charge in [0, 0.05) is 11.1 Å². The van der Waals surface area contributed by atoms with Crippen molar-refractivity contribution >= 4 is 23.6 Å². The number of aliphatic hydroxyl groups is 1. The molecule has 1 saturated carbocycles. The second-order valence-corrected chi connectivity index (χ2v) is 5.75. The third-order valence-corrected chi connectivity index (χ3v) is 4.17. The van der Waals surface area contributed by atoms with Crippen LogP contribution in [0.5, 0.6) is 0 Å². The highest BCUT2D eigenvalue weighted by Gasteiger charge is 2.32. The average Bonchev–Trinajstić information content (AvgIpc) is 2.47. The van der Waals surface area contributed by atoms with Crippen LogP contribution in [0.2, 0.25) is 5.02 Å². The number of carbonyl (C=O) groups is 1. The van der Waals surface area contributed by atoms with Crippen molar-refractivity contribution in [1.29, 1.82) is 0 Å². The Hall–Kier alpha value is -1.32. The van der Waals surface area contributed by atoms with Gasteiger partial charge in [0.25, 0.3) is 0 Å². The maximum atomic E-state index is 12.0. The van der Waals surface area contributed by atoms with Crippen LogP contribution in [0.4, 0.5) is 0 Å². The summed E-state index contributed by atoms with van der Waals surface area (Å²) in [5, 5.41) is 13.1. The maximum absolute atomic E-state index is 12.0. The summed E-state index contributed by atoms with van der Waals surface area (Å²) in [7, 11) is 0. The van der Waals surface area contributed by atoms with E-state index in [9.17, 15) is 9.90 Å². The zero-order chi connectivity index (χ0) is 14.4. The first-order chi connectivity index (χ1) is 9.65. The van der Waals surface area contributed by atoms with Crippen LogP contribution >= 0.6 is 11.6 Å². The van der Waals surface area contributed by atoms with Gasteiger partial charge in [-0.1, -0.05) is 49.1 Å². The molecule has 2 N–H and O–H groups in total. The van der Waals surface area contributed by atoms with Crippen LogP contribution in [0.25, 0.3) is 6.08 Å². The Morgan fingerprint density at radius 1 is 1.30 bits per heavy atom. The number of halogens is 1. The van der Waals surface area contributed by atoms with Crippen molar-refractivity contribution in [2.45, 2.75) is 37.6 Å². The van der Waals surface area contributed by atoms with Gasteiger partial charge in [-0.15, -0.1) is 0 Å². The lowest BCUT2D eigenvalue weighted by molar-refractivity contribution is -0.119. The van der Waals surface area contributed by atoms with Crippen LogP contribution in [0.1, 0.15) is 37.7 Å². The first-order valence-electron chi connectivity index (χ1n) is 7.01. The average molecular weight is 294 g/mol. The molecular weight excluding hydrogens is 274 g/mol. The maximum Gasteiger partial charge on any atom is 0.244 e. The molecule has 0 unspecified atom stereocenters. The Labute approximate surface area is 124 Å². The summed E-state index contributed by atoms with van der Waals surface area (Å²) < 4.78 is 0. The van der Waals surface area contributed by atoms with E-state index in [1.54, 1.807) is 12.1 Å². The van der Waals surface area contributed by atoms with Crippen LogP contribution < -0.4 is 5.32 Å². The van der Waals surface area contributed by atoms with Gasteiger partial charge < -0.3 is 10.4 Å². The standard InChI is InChI=1S/C16H20ClNO2/c17-14-7-3-2-6-13(14)8-9-15(20)18-16(12-19)10-4-1-5-11-16/h2-3,6-9,19H,1,4-5,10-12H2,(H,18,20). The van der Waals surface area contributed by atoms with Crippen molar-refractivity contribution in [2.24, 2.45) is 0 Å². The van der Waals surface area contributed by atoms with Gasteiger partial charge in [-0.3, -0.25) is 4.79 Å². The van der Waals surface area contributed by atoms with Gasteiger partial charge >= 0.3 is 0 Å². The molecule has 0 bridgehead atoms. The Kier molecular flexibility index (Phi) is 5.21. The Morgan fingerprint density at radius 2 is 2.00 bits per heavy atom. The topological polar surface area (TPSA) is 49.3 Å². The third-order valence-electron chi connectivity index (χ3n) is 3.82. The van der Waals surface area contributed by atoms with E-state index < -0.39 is 5.54 Å². The van der Waals surface area contributed by atoms with Crippen molar-refractivity contribution in [2.75, 3.05) is 6.61 Å². The second kappa shape index (κ2) is 6.91. The number of carbonyl (C=O) groups excluding carboxylic acids is 1. The number of rotatable bonds is 4. The normalized spacial score (nSPS) is 18.1. The Balaban J connectivity index is 1.99. The van der Waals surface area contributed by atoms with Crippen molar-refractivity contribution in [1.82, 2.24) is 5.32 Å². The zero-order valence-electron chi connectivity index (χ0n) is 11.4. The summed E-state index contributed by atoms with van der Waals surface area (Å²) in [6, 6.07) is 7.37. The molecule has 1 aliphatic carbocycles. The van der Waals surface area contributed by atoms with Gasteiger partial charge in [0.2, 0.25) is 5.91 Å². The Bertz CT molecular complexity index is 493. The lowest BCUT2D eigenvalue weighted by Crippen LogP contribution is -2.52. The molecule has 1 aromatic rings. The van der Waals surface area contributed by atoms with Crippen LogP contribution in [-0.2, 0) is 4.79 Å². The predicted molar refractivity (Wildman–Crippen MR) is 81.5 cm³/mol. The quantitative estimate of drug-likeness (QED) is 0.838. The molecule has 0 radical (unpaired) electrons. The Morgan fingerprint density at radius 3 is 2.65 bits per heavy atom. The molecule has 3 nitrogen and oxygen atoms in total.